The quantitative estimate of drug-likeness (QED) is 0.553. The average Bonchev–Trinajstić information content (AvgIpc) is 2.60. The maximum absolute atomic E-state index is 13.2. The minimum absolute atomic E-state index is 0.152. The van der Waals surface area contributed by atoms with Crippen LogP contribution in [0.2, 0.25) is 0 Å². The third-order valence-electron chi connectivity index (χ3n) is 3.65. The highest BCUT2D eigenvalue weighted by Gasteiger charge is 2.39. The van der Waals surface area contributed by atoms with E-state index in [9.17, 15) is 28.1 Å². The summed E-state index contributed by atoms with van der Waals surface area (Å²) in [6.45, 7) is 0. The second-order valence-electron chi connectivity index (χ2n) is 5.29. The smallest absolute Gasteiger partial charge is 0.320 e. The Morgan fingerprint density at radius 2 is 1.77 bits per heavy atom. The number of pyridine rings is 1. The zero-order valence-electron chi connectivity index (χ0n) is 12.9. The van der Waals surface area contributed by atoms with Gasteiger partial charge in [-0.15, -0.1) is 0 Å². The van der Waals surface area contributed by atoms with Gasteiger partial charge in [-0.3, -0.25) is 19.9 Å². The third-order valence-corrected chi connectivity index (χ3v) is 3.65. The van der Waals surface area contributed by atoms with Crippen molar-refractivity contribution in [3.8, 4) is 0 Å². The Morgan fingerprint density at radius 3 is 2.46 bits per heavy atom. The fourth-order valence-electron chi connectivity index (χ4n) is 2.56. The number of nitro benzene ring substituents is 1. The average molecular weight is 361 g/mol. The molecule has 1 heterocycles. The van der Waals surface area contributed by atoms with E-state index in [-0.39, 0.29) is 5.69 Å². The number of hydrogen-bond donors (Lipinski definition) is 1. The lowest BCUT2D eigenvalue weighted by Crippen LogP contribution is -2.20. The van der Waals surface area contributed by atoms with E-state index < -0.39 is 33.8 Å². The number of nitro groups is 1. The van der Waals surface area contributed by atoms with E-state index in [1.54, 1.807) is 24.3 Å². The van der Waals surface area contributed by atoms with Crippen molar-refractivity contribution in [2.75, 3.05) is 5.32 Å². The number of carbonyl (C=O) groups excluding carboxylic acids is 1. The summed E-state index contributed by atoms with van der Waals surface area (Å²) >= 11 is 0. The first kappa shape index (κ1) is 17.3. The largest absolute Gasteiger partial charge is 0.417 e. The van der Waals surface area contributed by atoms with Gasteiger partial charge in [0.05, 0.1) is 21.7 Å². The molecule has 0 saturated carbocycles. The summed E-state index contributed by atoms with van der Waals surface area (Å²) in [5.74, 6) is -1.23. The molecule has 132 valence electrons. The number of nitrogens with zero attached hydrogens (tertiary/aromatic N) is 2. The molecule has 0 radical (unpaired) electrons. The Morgan fingerprint density at radius 1 is 1.08 bits per heavy atom. The van der Waals surface area contributed by atoms with E-state index in [0.717, 1.165) is 12.1 Å². The van der Waals surface area contributed by atoms with Crippen molar-refractivity contribution in [2.45, 2.75) is 6.18 Å². The van der Waals surface area contributed by atoms with Crippen LogP contribution in [0, 0.1) is 10.1 Å². The molecule has 1 aromatic heterocycles. The molecule has 2 aromatic carbocycles. The summed E-state index contributed by atoms with van der Waals surface area (Å²) in [4.78, 5) is 26.7. The molecule has 0 saturated heterocycles. The van der Waals surface area contributed by atoms with E-state index >= 15 is 0 Å². The van der Waals surface area contributed by atoms with Crippen LogP contribution >= 0.6 is 0 Å². The van der Waals surface area contributed by atoms with E-state index in [1.165, 1.54) is 12.3 Å². The van der Waals surface area contributed by atoms with Gasteiger partial charge in [0.1, 0.15) is 5.56 Å². The van der Waals surface area contributed by atoms with Crippen LogP contribution in [0.25, 0.3) is 10.9 Å². The number of anilines is 1. The Labute approximate surface area is 144 Å². The molecular weight excluding hydrogens is 351 g/mol. The third kappa shape index (κ3) is 3.18. The van der Waals surface area contributed by atoms with Crippen LogP contribution in [0.1, 0.15) is 15.9 Å². The lowest BCUT2D eigenvalue weighted by atomic mass is 10.0. The van der Waals surface area contributed by atoms with Crippen LogP contribution in [-0.4, -0.2) is 15.8 Å². The molecule has 1 N–H and O–H groups in total. The predicted molar refractivity (Wildman–Crippen MR) is 87.8 cm³/mol. The monoisotopic (exact) mass is 361 g/mol. The van der Waals surface area contributed by atoms with Gasteiger partial charge in [0.15, 0.2) is 0 Å². The van der Waals surface area contributed by atoms with Crippen molar-refractivity contribution in [3.63, 3.8) is 0 Å². The maximum Gasteiger partial charge on any atom is 0.417 e. The number of amides is 1. The van der Waals surface area contributed by atoms with E-state index in [4.69, 9.17) is 0 Å². The first-order valence-corrected chi connectivity index (χ1v) is 7.29. The molecule has 0 aliphatic heterocycles. The molecule has 0 fully saturated rings. The Hall–Kier alpha value is -3.49. The normalized spacial score (nSPS) is 11.3. The van der Waals surface area contributed by atoms with Gasteiger partial charge in [-0.1, -0.05) is 24.3 Å². The molecule has 1 amide bonds. The first-order chi connectivity index (χ1) is 12.3. The molecule has 26 heavy (non-hydrogen) atoms. The molecule has 0 aliphatic carbocycles. The van der Waals surface area contributed by atoms with Gasteiger partial charge in [-0.05, 0) is 18.2 Å². The number of fused-ring (bicyclic) bond motifs is 1. The highest BCUT2D eigenvalue weighted by molar-refractivity contribution is 6.11. The van der Waals surface area contributed by atoms with Gasteiger partial charge >= 0.3 is 6.18 Å². The molecule has 0 atom stereocenters. The molecular formula is C17H10F3N3O3. The van der Waals surface area contributed by atoms with E-state index in [1.807, 2.05) is 0 Å². The molecule has 0 bridgehead atoms. The summed E-state index contributed by atoms with van der Waals surface area (Å²) in [7, 11) is 0. The van der Waals surface area contributed by atoms with Gasteiger partial charge in [0.2, 0.25) is 0 Å². The summed E-state index contributed by atoms with van der Waals surface area (Å²) in [6.07, 6.45) is -3.46. The van der Waals surface area contributed by atoms with Crippen LogP contribution in [0.3, 0.4) is 0 Å². The van der Waals surface area contributed by atoms with Gasteiger partial charge in [0.25, 0.3) is 11.6 Å². The number of benzene rings is 2. The van der Waals surface area contributed by atoms with Gasteiger partial charge in [-0.25, -0.2) is 0 Å². The molecule has 3 aromatic rings. The molecule has 0 unspecified atom stereocenters. The number of rotatable bonds is 3. The van der Waals surface area contributed by atoms with E-state index in [2.05, 4.69) is 10.3 Å². The summed E-state index contributed by atoms with van der Waals surface area (Å²) in [6, 6.07) is 10.5. The van der Waals surface area contributed by atoms with Crippen molar-refractivity contribution < 1.29 is 22.9 Å². The SMILES string of the molecule is O=C(Nc1cccc2cccnc12)c1c([N+](=O)[O-])cccc1C(F)(F)F. The Bertz CT molecular complexity index is 1010. The molecule has 9 heteroatoms. The van der Waals surface area contributed by atoms with Gasteiger partial charge in [-0.2, -0.15) is 13.2 Å². The molecule has 0 aliphatic rings. The Kier molecular flexibility index (Phi) is 4.29. The number of para-hydroxylation sites is 1. The Balaban J connectivity index is 2.11. The lowest BCUT2D eigenvalue weighted by Gasteiger charge is -2.13. The minimum Gasteiger partial charge on any atom is -0.320 e. The lowest BCUT2D eigenvalue weighted by molar-refractivity contribution is -0.385. The number of aromatic nitrogens is 1. The zero-order valence-corrected chi connectivity index (χ0v) is 12.9. The standard InChI is InChI=1S/C17H10F3N3O3/c18-17(19,20)11-6-2-8-13(23(25)26)14(11)16(24)22-12-7-1-4-10-5-3-9-21-15(10)12/h1-9H,(H,22,24). The van der Waals surface area contributed by atoms with E-state index in [0.29, 0.717) is 17.0 Å². The topological polar surface area (TPSA) is 85.1 Å². The fraction of sp³-hybridized carbons (Fsp3) is 0.0588. The van der Waals surface area contributed by atoms with Crippen molar-refractivity contribution in [2.24, 2.45) is 0 Å². The highest BCUT2D eigenvalue weighted by atomic mass is 19.4. The number of hydrogen-bond acceptors (Lipinski definition) is 4. The molecule has 6 nitrogen and oxygen atoms in total. The summed E-state index contributed by atoms with van der Waals surface area (Å²) in [5, 5.41) is 14.1. The van der Waals surface area contributed by atoms with Crippen LogP contribution in [0.4, 0.5) is 24.5 Å². The first-order valence-electron chi connectivity index (χ1n) is 7.29. The van der Waals surface area contributed by atoms with Crippen LogP contribution in [0.5, 0.6) is 0 Å². The van der Waals surface area contributed by atoms with Gasteiger partial charge in [0, 0.05) is 17.6 Å². The van der Waals surface area contributed by atoms with Crippen molar-refractivity contribution >= 4 is 28.2 Å². The number of carbonyl (C=O) groups is 1. The second-order valence-corrected chi connectivity index (χ2v) is 5.29. The fourth-order valence-corrected chi connectivity index (χ4v) is 2.56. The molecule has 3 rings (SSSR count). The van der Waals surface area contributed by atoms with Crippen molar-refractivity contribution in [1.29, 1.82) is 0 Å². The minimum atomic E-state index is -4.92. The molecule has 0 spiro atoms. The maximum atomic E-state index is 13.2. The van der Waals surface area contributed by atoms with Crippen LogP contribution in [-0.2, 0) is 6.18 Å². The zero-order chi connectivity index (χ0) is 18.9. The van der Waals surface area contributed by atoms with Crippen LogP contribution < -0.4 is 5.32 Å². The van der Waals surface area contributed by atoms with Crippen molar-refractivity contribution in [3.05, 3.63) is 76.0 Å². The van der Waals surface area contributed by atoms with Crippen molar-refractivity contribution in [1.82, 2.24) is 4.98 Å². The highest BCUT2D eigenvalue weighted by Crippen LogP contribution is 2.36. The van der Waals surface area contributed by atoms with Crippen LogP contribution in [0.15, 0.2) is 54.7 Å². The number of halogens is 3. The number of nitrogens with one attached hydrogen (secondary N) is 1. The summed E-state index contributed by atoms with van der Waals surface area (Å²) in [5.41, 5.74) is -2.84. The predicted octanol–water partition coefficient (Wildman–Crippen LogP) is 4.41. The second kappa shape index (κ2) is 6.43. The summed E-state index contributed by atoms with van der Waals surface area (Å²) < 4.78 is 39.7. The number of alkyl halides is 3. The van der Waals surface area contributed by atoms with Gasteiger partial charge < -0.3 is 5.32 Å².